The number of fused-ring (bicyclic) bond motifs is 1. The van der Waals surface area contributed by atoms with E-state index in [4.69, 9.17) is 9.47 Å². The molecule has 2 heterocycles. The van der Waals surface area contributed by atoms with Crippen molar-refractivity contribution >= 4 is 21.5 Å². The van der Waals surface area contributed by atoms with Crippen LogP contribution in [-0.2, 0) is 10.0 Å². The third-order valence-corrected chi connectivity index (χ3v) is 6.47. The minimum absolute atomic E-state index is 0.0947. The van der Waals surface area contributed by atoms with Gasteiger partial charge in [-0.15, -0.1) is 0 Å². The lowest BCUT2D eigenvalue weighted by Crippen LogP contribution is -2.13. The van der Waals surface area contributed by atoms with E-state index >= 15 is 0 Å². The van der Waals surface area contributed by atoms with Crippen molar-refractivity contribution in [2.75, 3.05) is 11.8 Å². The van der Waals surface area contributed by atoms with Crippen LogP contribution in [-0.4, -0.2) is 29.9 Å². The molecule has 0 bridgehead atoms. The second-order valence-corrected chi connectivity index (χ2v) is 9.04. The summed E-state index contributed by atoms with van der Waals surface area (Å²) in [6.45, 7) is 0. The Balaban J connectivity index is 1.41. The van der Waals surface area contributed by atoms with Crippen LogP contribution in [0.3, 0.4) is 0 Å². The number of benzene rings is 3. The molecule has 2 aromatic heterocycles. The largest absolute Gasteiger partial charge is 0.495 e. The number of anilines is 1. The molecule has 5 rings (SSSR count). The molecule has 0 aliphatic rings. The number of nitrogens with zero attached hydrogens (tertiary/aromatic N) is 3. The first kappa shape index (κ1) is 21.5. The van der Waals surface area contributed by atoms with Gasteiger partial charge in [0.05, 0.1) is 23.4 Å². The Morgan fingerprint density at radius 1 is 0.912 bits per heavy atom. The van der Waals surface area contributed by atoms with Crippen LogP contribution in [0.2, 0.25) is 0 Å². The third kappa shape index (κ3) is 4.41. The Kier molecular flexibility index (Phi) is 5.60. The average molecular weight is 473 g/mol. The molecule has 0 fully saturated rings. The number of aromatic nitrogens is 3. The number of ether oxygens (including phenoxy) is 2. The molecular formula is C25H20N4O4S. The molecule has 34 heavy (non-hydrogen) atoms. The fourth-order valence-corrected chi connectivity index (χ4v) is 4.49. The summed E-state index contributed by atoms with van der Waals surface area (Å²) in [5.74, 6) is 2.14. The first-order valence-electron chi connectivity index (χ1n) is 10.4. The third-order valence-electron chi connectivity index (χ3n) is 5.09. The monoisotopic (exact) mass is 472 g/mol. The van der Waals surface area contributed by atoms with E-state index in [1.807, 2.05) is 54.9 Å². The number of methoxy groups -OCH3 is 1. The predicted octanol–water partition coefficient (Wildman–Crippen LogP) is 5.00. The zero-order valence-corrected chi connectivity index (χ0v) is 18.9. The van der Waals surface area contributed by atoms with Crippen LogP contribution in [0.25, 0.3) is 17.0 Å². The zero-order valence-electron chi connectivity index (χ0n) is 18.1. The van der Waals surface area contributed by atoms with E-state index in [0.717, 1.165) is 5.56 Å². The van der Waals surface area contributed by atoms with Gasteiger partial charge in [-0.1, -0.05) is 18.2 Å². The van der Waals surface area contributed by atoms with Gasteiger partial charge >= 0.3 is 0 Å². The normalized spacial score (nSPS) is 11.3. The molecule has 8 nitrogen and oxygen atoms in total. The predicted molar refractivity (Wildman–Crippen MR) is 129 cm³/mol. The number of hydrogen-bond acceptors (Lipinski definition) is 6. The summed E-state index contributed by atoms with van der Waals surface area (Å²) in [4.78, 5) is 8.81. The van der Waals surface area contributed by atoms with E-state index < -0.39 is 10.0 Å². The van der Waals surface area contributed by atoms with Gasteiger partial charge in [0.25, 0.3) is 10.0 Å². The highest BCUT2D eigenvalue weighted by Gasteiger charge is 2.18. The molecule has 3 aromatic carbocycles. The van der Waals surface area contributed by atoms with Gasteiger partial charge in [0.2, 0.25) is 5.78 Å². The highest BCUT2D eigenvalue weighted by Crippen LogP contribution is 2.32. The van der Waals surface area contributed by atoms with Crippen molar-refractivity contribution in [1.29, 1.82) is 0 Å². The van der Waals surface area contributed by atoms with Crippen LogP contribution in [0.5, 0.6) is 17.2 Å². The van der Waals surface area contributed by atoms with Crippen LogP contribution in [0, 0.1) is 0 Å². The molecule has 0 amide bonds. The van der Waals surface area contributed by atoms with Crippen LogP contribution in [0.4, 0.5) is 5.69 Å². The molecule has 0 aliphatic carbocycles. The second kappa shape index (κ2) is 8.87. The summed E-state index contributed by atoms with van der Waals surface area (Å²) in [5, 5.41) is 0. The Morgan fingerprint density at radius 3 is 2.41 bits per heavy atom. The molecule has 0 radical (unpaired) electrons. The second-order valence-electron chi connectivity index (χ2n) is 7.36. The van der Waals surface area contributed by atoms with E-state index in [-0.39, 0.29) is 4.90 Å². The Hall–Kier alpha value is -4.37. The Morgan fingerprint density at radius 2 is 1.68 bits per heavy atom. The first-order valence-corrected chi connectivity index (χ1v) is 11.8. The molecule has 0 aliphatic heterocycles. The Bertz CT molecular complexity index is 1520. The fraction of sp³-hybridized carbons (Fsp3) is 0.0400. The van der Waals surface area contributed by atoms with Crippen LogP contribution in [0.15, 0.2) is 102 Å². The van der Waals surface area contributed by atoms with Crippen molar-refractivity contribution in [2.45, 2.75) is 4.90 Å². The maximum Gasteiger partial charge on any atom is 0.262 e. The molecular weight excluding hydrogens is 452 g/mol. The average Bonchev–Trinajstić information content (AvgIpc) is 3.29. The standard InChI is InChI=1S/C25H20N4O4S/c1-32-24-13-8-18(23-17-29-15-5-14-26-25(29)27-23)16-22(24)28-34(30,31)21-11-9-20(10-12-21)33-19-6-3-2-4-7-19/h2-17,28H,1H3. The van der Waals surface area contributed by atoms with Crippen molar-refractivity contribution in [3.63, 3.8) is 0 Å². The summed E-state index contributed by atoms with van der Waals surface area (Å²) < 4.78 is 41.7. The van der Waals surface area contributed by atoms with Crippen LogP contribution >= 0.6 is 0 Å². The highest BCUT2D eigenvalue weighted by molar-refractivity contribution is 7.92. The lowest BCUT2D eigenvalue weighted by atomic mass is 10.1. The molecule has 0 spiro atoms. The van der Waals surface area contributed by atoms with Crippen molar-refractivity contribution in [3.8, 4) is 28.5 Å². The SMILES string of the molecule is COc1ccc(-c2cn3cccnc3n2)cc1NS(=O)(=O)c1ccc(Oc2ccccc2)cc1. The van der Waals surface area contributed by atoms with Gasteiger partial charge in [0, 0.05) is 24.2 Å². The fourth-order valence-electron chi connectivity index (χ4n) is 3.43. The van der Waals surface area contributed by atoms with Crippen molar-refractivity contribution < 1.29 is 17.9 Å². The molecule has 1 N–H and O–H groups in total. The van der Waals surface area contributed by atoms with Crippen molar-refractivity contribution in [3.05, 3.63) is 97.5 Å². The Labute approximate surface area is 196 Å². The van der Waals surface area contributed by atoms with Gasteiger partial charge in [0.1, 0.15) is 17.2 Å². The van der Waals surface area contributed by atoms with Crippen molar-refractivity contribution in [1.82, 2.24) is 14.4 Å². The maximum atomic E-state index is 13.1. The van der Waals surface area contributed by atoms with Gasteiger partial charge in [-0.3, -0.25) is 9.12 Å². The minimum atomic E-state index is -3.88. The van der Waals surface area contributed by atoms with Gasteiger partial charge in [0.15, 0.2) is 0 Å². The van der Waals surface area contributed by atoms with E-state index in [0.29, 0.717) is 34.4 Å². The highest BCUT2D eigenvalue weighted by atomic mass is 32.2. The zero-order chi connectivity index (χ0) is 23.5. The topological polar surface area (TPSA) is 94.8 Å². The van der Waals surface area contributed by atoms with Crippen LogP contribution < -0.4 is 14.2 Å². The number of hydrogen-bond donors (Lipinski definition) is 1. The first-order chi connectivity index (χ1) is 16.5. The van der Waals surface area contributed by atoms with Gasteiger partial charge < -0.3 is 9.47 Å². The summed E-state index contributed by atoms with van der Waals surface area (Å²) in [7, 11) is -2.40. The molecule has 0 saturated heterocycles. The van der Waals surface area contributed by atoms with Gasteiger partial charge in [-0.05, 0) is 60.7 Å². The molecule has 0 unspecified atom stereocenters. The number of sulfonamides is 1. The number of para-hydroxylation sites is 1. The summed E-state index contributed by atoms with van der Waals surface area (Å²) >= 11 is 0. The van der Waals surface area contributed by atoms with Gasteiger partial charge in [-0.25, -0.2) is 18.4 Å². The van der Waals surface area contributed by atoms with E-state index in [1.165, 1.54) is 19.2 Å². The van der Waals surface area contributed by atoms with E-state index in [2.05, 4.69) is 14.7 Å². The number of rotatable bonds is 7. The van der Waals surface area contributed by atoms with E-state index in [9.17, 15) is 8.42 Å². The number of imidazole rings is 1. The molecule has 0 atom stereocenters. The summed E-state index contributed by atoms with van der Waals surface area (Å²) in [6.07, 6.45) is 5.33. The lowest BCUT2D eigenvalue weighted by molar-refractivity contribution is 0.417. The maximum absolute atomic E-state index is 13.1. The smallest absolute Gasteiger partial charge is 0.262 e. The molecule has 5 aromatic rings. The van der Waals surface area contributed by atoms with Crippen LogP contribution in [0.1, 0.15) is 0 Å². The van der Waals surface area contributed by atoms with Crippen molar-refractivity contribution in [2.24, 2.45) is 0 Å². The molecule has 9 heteroatoms. The summed E-state index contributed by atoms with van der Waals surface area (Å²) in [5.41, 5.74) is 1.68. The number of nitrogens with one attached hydrogen (secondary N) is 1. The molecule has 170 valence electrons. The minimum Gasteiger partial charge on any atom is -0.495 e. The summed E-state index contributed by atoms with van der Waals surface area (Å²) in [6, 6.07) is 22.5. The quantitative estimate of drug-likeness (QED) is 0.358. The van der Waals surface area contributed by atoms with Gasteiger partial charge in [-0.2, -0.15) is 0 Å². The van der Waals surface area contributed by atoms with E-state index in [1.54, 1.807) is 34.9 Å². The molecule has 0 saturated carbocycles. The lowest BCUT2D eigenvalue weighted by Gasteiger charge is -2.13.